The number of likely N-dealkylation sites (N-methyl/N-ethyl adjacent to an activating group) is 1. The maximum absolute atomic E-state index is 13.0. The van der Waals surface area contributed by atoms with E-state index in [0.29, 0.717) is 23.9 Å². The lowest BCUT2D eigenvalue weighted by Crippen LogP contribution is -2.44. The van der Waals surface area contributed by atoms with Crippen LogP contribution >= 0.6 is 0 Å². The molecule has 0 rings (SSSR count). The Labute approximate surface area is 612 Å². The Hall–Kier alpha value is -4.31. The summed E-state index contributed by atoms with van der Waals surface area (Å²) in [6.45, 7) is 4.66. The van der Waals surface area contributed by atoms with Crippen LogP contribution < -0.4 is 5.11 Å². The number of rotatable bonds is 77. The van der Waals surface area contributed by atoms with E-state index in [0.717, 1.165) is 103 Å². The van der Waals surface area contributed by atoms with E-state index in [1.54, 1.807) is 0 Å². The van der Waals surface area contributed by atoms with Crippen LogP contribution in [0.4, 0.5) is 0 Å². The zero-order valence-corrected chi connectivity index (χ0v) is 65.3. The van der Waals surface area contributed by atoms with Gasteiger partial charge in [0.1, 0.15) is 13.2 Å². The summed E-state index contributed by atoms with van der Waals surface area (Å²) in [4.78, 5) is 37.6. The molecule has 99 heavy (non-hydrogen) atoms. The average molecular weight is 1380 g/mol. The van der Waals surface area contributed by atoms with E-state index in [1.807, 2.05) is 21.1 Å². The number of esters is 2. The number of carboxylic acids is 1. The Morgan fingerprint density at radius 3 is 0.859 bits per heavy atom. The number of hydrogen-bond donors (Lipinski definition) is 0. The summed E-state index contributed by atoms with van der Waals surface area (Å²) >= 11 is 0. The number of carboxylic acid groups (broad SMARTS) is 1. The minimum absolute atomic E-state index is 0.144. The van der Waals surface area contributed by atoms with Gasteiger partial charge >= 0.3 is 11.9 Å². The summed E-state index contributed by atoms with van der Waals surface area (Å²) in [6.07, 6.45) is 110. The molecule has 0 bridgehead atoms. The van der Waals surface area contributed by atoms with E-state index in [2.05, 4.69) is 135 Å². The van der Waals surface area contributed by atoms with Crippen molar-refractivity contribution >= 4 is 17.9 Å². The molecular formula is C90H157NO8. The SMILES string of the molecule is CC/C=C\C/C=C\C/C=C\C/C=C\C/C=C\C/C=C\C/C=C\C/C=C\CCCCCCCCCCCCC(=O)OC(COC(=O)CCCCCCCCCCCCCCCCCCCCCCCCCCCCC/C=C\C/C=C\CCCCCCC)COC(OCC[N+](C)(C)C)C(=O)[O-]. The molecule has 2 unspecified atom stereocenters. The molecule has 0 N–H and O–H groups in total. The summed E-state index contributed by atoms with van der Waals surface area (Å²) in [6, 6.07) is 0. The molecule has 0 aliphatic heterocycles. The molecule has 0 aromatic rings. The Bertz CT molecular complexity index is 2050. The normalized spacial score (nSPS) is 13.3. The van der Waals surface area contributed by atoms with Gasteiger partial charge in [-0.05, 0) is 109 Å². The highest BCUT2D eigenvalue weighted by molar-refractivity contribution is 5.70. The molecule has 0 saturated carbocycles. The number of unbranched alkanes of at least 4 members (excludes halogenated alkanes) is 42. The van der Waals surface area contributed by atoms with Crippen LogP contribution in [-0.4, -0.2) is 82.3 Å². The van der Waals surface area contributed by atoms with Gasteiger partial charge in [0.25, 0.3) is 0 Å². The van der Waals surface area contributed by atoms with Crippen molar-refractivity contribution in [1.29, 1.82) is 0 Å². The predicted molar refractivity (Wildman–Crippen MR) is 426 cm³/mol. The van der Waals surface area contributed by atoms with Crippen LogP contribution in [0.1, 0.15) is 373 Å². The molecule has 0 saturated heterocycles. The van der Waals surface area contributed by atoms with Gasteiger partial charge in [0, 0.05) is 12.8 Å². The minimum atomic E-state index is -1.63. The van der Waals surface area contributed by atoms with E-state index >= 15 is 0 Å². The molecule has 570 valence electrons. The summed E-state index contributed by atoms with van der Waals surface area (Å²) in [5.41, 5.74) is 0. The number of quaternary nitrogens is 1. The first-order valence-electron chi connectivity index (χ1n) is 41.7. The van der Waals surface area contributed by atoms with Crippen molar-refractivity contribution in [3.05, 3.63) is 122 Å². The maximum Gasteiger partial charge on any atom is 0.306 e. The second-order valence-electron chi connectivity index (χ2n) is 29.0. The van der Waals surface area contributed by atoms with E-state index in [1.165, 1.54) is 238 Å². The predicted octanol–water partition coefficient (Wildman–Crippen LogP) is 25.7. The fraction of sp³-hybridized carbons (Fsp3) is 0.744. The molecule has 9 nitrogen and oxygen atoms in total. The van der Waals surface area contributed by atoms with Gasteiger partial charge in [0.2, 0.25) is 0 Å². The molecule has 2 atom stereocenters. The first kappa shape index (κ1) is 94.7. The molecule has 0 radical (unpaired) electrons. The van der Waals surface area contributed by atoms with E-state index in [9.17, 15) is 19.5 Å². The van der Waals surface area contributed by atoms with Crippen LogP contribution in [0.5, 0.6) is 0 Å². The maximum atomic E-state index is 13.0. The van der Waals surface area contributed by atoms with E-state index in [-0.39, 0.29) is 32.2 Å². The Balaban J connectivity index is 4.01. The molecule has 0 amide bonds. The van der Waals surface area contributed by atoms with Crippen LogP contribution in [0.15, 0.2) is 122 Å². The Morgan fingerprint density at radius 2 is 0.576 bits per heavy atom. The van der Waals surface area contributed by atoms with Gasteiger partial charge in [-0.3, -0.25) is 9.59 Å². The summed E-state index contributed by atoms with van der Waals surface area (Å²) in [5.74, 6) is -2.28. The topological polar surface area (TPSA) is 111 Å². The lowest BCUT2D eigenvalue weighted by molar-refractivity contribution is -0.870. The molecule has 0 aliphatic carbocycles. The molecule has 0 heterocycles. The van der Waals surface area contributed by atoms with Crippen LogP contribution in [-0.2, 0) is 33.3 Å². The number of carbonyl (C=O) groups excluding carboxylic acids is 3. The molecule has 0 aromatic carbocycles. The van der Waals surface area contributed by atoms with Crippen molar-refractivity contribution in [2.24, 2.45) is 0 Å². The van der Waals surface area contributed by atoms with Gasteiger partial charge in [-0.1, -0.05) is 373 Å². The monoisotopic (exact) mass is 1380 g/mol. The average Bonchev–Trinajstić information content (AvgIpc) is 1.16. The van der Waals surface area contributed by atoms with E-state index in [4.69, 9.17) is 18.9 Å². The third-order valence-electron chi connectivity index (χ3n) is 18.2. The second-order valence-corrected chi connectivity index (χ2v) is 29.0. The minimum Gasteiger partial charge on any atom is -0.545 e. The van der Waals surface area contributed by atoms with Gasteiger partial charge in [-0.25, -0.2) is 0 Å². The summed E-state index contributed by atoms with van der Waals surface area (Å²) < 4.78 is 22.9. The van der Waals surface area contributed by atoms with Gasteiger partial charge in [0.05, 0.1) is 40.3 Å². The molecule has 0 aromatic heterocycles. The molecule has 0 fully saturated rings. The lowest BCUT2D eigenvalue weighted by atomic mass is 10.0. The van der Waals surface area contributed by atoms with E-state index < -0.39 is 24.3 Å². The number of allylic oxidation sites excluding steroid dienone is 20. The number of hydrogen-bond acceptors (Lipinski definition) is 8. The highest BCUT2D eigenvalue weighted by Gasteiger charge is 2.22. The quantitative estimate of drug-likeness (QED) is 0.0195. The van der Waals surface area contributed by atoms with Crippen LogP contribution in [0.3, 0.4) is 0 Å². The first-order valence-corrected chi connectivity index (χ1v) is 41.7. The third-order valence-corrected chi connectivity index (χ3v) is 18.2. The molecular weight excluding hydrogens is 1220 g/mol. The second kappa shape index (κ2) is 79.4. The summed E-state index contributed by atoms with van der Waals surface area (Å²) in [7, 11) is 5.94. The van der Waals surface area contributed by atoms with Crippen molar-refractivity contribution in [3.63, 3.8) is 0 Å². The van der Waals surface area contributed by atoms with Crippen LogP contribution in [0.2, 0.25) is 0 Å². The Kier molecular flexibility index (Phi) is 75.9. The summed E-state index contributed by atoms with van der Waals surface area (Å²) in [5, 5.41) is 11.9. The first-order chi connectivity index (χ1) is 48.6. The molecule has 9 heteroatoms. The van der Waals surface area contributed by atoms with Crippen molar-refractivity contribution in [1.82, 2.24) is 0 Å². The smallest absolute Gasteiger partial charge is 0.306 e. The van der Waals surface area contributed by atoms with Crippen LogP contribution in [0, 0.1) is 0 Å². The van der Waals surface area contributed by atoms with Crippen molar-refractivity contribution in [2.75, 3.05) is 47.5 Å². The largest absolute Gasteiger partial charge is 0.545 e. The fourth-order valence-electron chi connectivity index (χ4n) is 11.9. The highest BCUT2D eigenvalue weighted by atomic mass is 16.7. The highest BCUT2D eigenvalue weighted by Crippen LogP contribution is 2.19. The number of nitrogens with zero attached hydrogens (tertiary/aromatic N) is 1. The number of aliphatic carboxylic acids is 1. The standard InChI is InChI=1S/C90H157NO8/c1-6-8-10-12-14-16-18-20-22-24-26-28-30-32-34-36-38-40-42-43-44-45-47-48-50-52-54-56-58-60-62-64-66-68-70-72-74-76-78-80-87(92)97-84-86(85-98-90(89(94)95)96-83-82-91(3,4)5)99-88(93)81-79-77-75-73-71-69-67-65-63-61-59-57-55-53-51-49-46-41-39-37-35-33-31-29-27-25-23-21-19-17-15-13-11-9-7-2/h9,11,15,17-18,20-21,23-24,26-27,29,33,35,39,41,49,51,55,57,86,90H,6-8,10,12-14,16,19,22,25,28,30-32,34,36-38,40,42-48,50,52-54,56,58-85H2,1-5H3/b11-9-,17-15-,20-18-,23-21-,26-24-,29-27-,35-33-,41-39-,51-49-,57-55-. The van der Waals surface area contributed by atoms with Crippen molar-refractivity contribution < 1.29 is 42.9 Å². The van der Waals surface area contributed by atoms with Gasteiger partial charge < -0.3 is 33.3 Å². The Morgan fingerprint density at radius 1 is 0.313 bits per heavy atom. The van der Waals surface area contributed by atoms with Gasteiger partial charge in [-0.15, -0.1) is 0 Å². The van der Waals surface area contributed by atoms with Crippen molar-refractivity contribution in [2.45, 2.75) is 386 Å². The zero-order chi connectivity index (χ0) is 71.8. The number of ether oxygens (including phenoxy) is 4. The van der Waals surface area contributed by atoms with Crippen LogP contribution in [0.25, 0.3) is 0 Å². The van der Waals surface area contributed by atoms with Crippen molar-refractivity contribution in [3.8, 4) is 0 Å². The lowest BCUT2D eigenvalue weighted by Gasteiger charge is -2.26. The zero-order valence-electron chi connectivity index (χ0n) is 65.3. The number of carbonyl (C=O) groups is 3. The molecule has 0 spiro atoms. The third kappa shape index (κ3) is 80.9. The molecule has 0 aliphatic rings. The van der Waals surface area contributed by atoms with Gasteiger partial charge in [0.15, 0.2) is 12.4 Å². The fourth-order valence-corrected chi connectivity index (χ4v) is 11.9. The van der Waals surface area contributed by atoms with Gasteiger partial charge in [-0.2, -0.15) is 0 Å².